The first-order chi connectivity index (χ1) is 9.61. The summed E-state index contributed by atoms with van der Waals surface area (Å²) < 4.78 is 3.49. The Labute approximate surface area is 118 Å². The number of nitrogens with two attached hydrogens (primary N) is 1. The second-order valence-electron chi connectivity index (χ2n) is 4.61. The van der Waals surface area contributed by atoms with Gasteiger partial charge in [0.25, 0.3) is 0 Å². The maximum absolute atomic E-state index is 8.90. The number of oxime groups is 1. The number of rotatable bonds is 4. The van der Waals surface area contributed by atoms with Crippen LogP contribution >= 0.6 is 11.8 Å². The van der Waals surface area contributed by atoms with Crippen molar-refractivity contribution in [3.63, 3.8) is 0 Å². The zero-order chi connectivity index (χ0) is 14.3. The molecule has 1 aliphatic carbocycles. The average Bonchev–Trinajstić information content (AvgIpc) is 3.10. The summed E-state index contributed by atoms with van der Waals surface area (Å²) in [5.41, 5.74) is 7.02. The normalized spacial score (nSPS) is 15.8. The Hall–Kier alpha value is -2.10. The van der Waals surface area contributed by atoms with Gasteiger partial charge in [-0.3, -0.25) is 4.68 Å². The van der Waals surface area contributed by atoms with Gasteiger partial charge in [-0.2, -0.15) is 5.10 Å². The van der Waals surface area contributed by atoms with Crippen molar-refractivity contribution in [2.75, 3.05) is 0 Å². The van der Waals surface area contributed by atoms with Crippen LogP contribution in [0.5, 0.6) is 0 Å². The summed E-state index contributed by atoms with van der Waals surface area (Å²) in [4.78, 5) is 0. The van der Waals surface area contributed by atoms with E-state index in [1.165, 1.54) is 11.8 Å². The van der Waals surface area contributed by atoms with E-state index in [0.29, 0.717) is 22.5 Å². The molecule has 9 nitrogen and oxygen atoms in total. The van der Waals surface area contributed by atoms with E-state index in [4.69, 9.17) is 10.9 Å². The molecule has 0 saturated heterocycles. The van der Waals surface area contributed by atoms with E-state index in [1.807, 2.05) is 4.68 Å². The monoisotopic (exact) mass is 294 g/mol. The van der Waals surface area contributed by atoms with Crippen molar-refractivity contribution in [2.24, 2.45) is 17.9 Å². The highest BCUT2D eigenvalue weighted by atomic mass is 32.2. The van der Waals surface area contributed by atoms with Crippen LogP contribution in [0.1, 0.15) is 30.1 Å². The van der Waals surface area contributed by atoms with Crippen molar-refractivity contribution in [3.8, 4) is 0 Å². The van der Waals surface area contributed by atoms with E-state index >= 15 is 0 Å². The molecule has 1 fully saturated rings. The smallest absolute Gasteiger partial charge is 0.215 e. The molecule has 0 radical (unpaired) electrons. The van der Waals surface area contributed by atoms with Crippen LogP contribution in [0.4, 0.5) is 0 Å². The molecule has 2 aromatic heterocycles. The Kier molecular flexibility index (Phi) is 3.08. The highest BCUT2D eigenvalue weighted by molar-refractivity contribution is 7.99. The second-order valence-corrected chi connectivity index (χ2v) is 5.57. The standard InChI is InChI=1S/C10H14N8OS/c1-5-7(8(11)14-19)9(17(2)13-5)20-10-12-15-16-18(10)6-3-4-6/h6,19H,3-4H2,1-2H3,(H2,11,14). The molecule has 20 heavy (non-hydrogen) atoms. The van der Waals surface area contributed by atoms with Crippen LogP contribution in [0.3, 0.4) is 0 Å². The van der Waals surface area contributed by atoms with Crippen LogP contribution < -0.4 is 5.73 Å². The molecule has 1 saturated carbocycles. The molecule has 0 aromatic carbocycles. The Morgan fingerprint density at radius 2 is 2.25 bits per heavy atom. The maximum atomic E-state index is 8.90. The third-order valence-electron chi connectivity index (χ3n) is 3.08. The van der Waals surface area contributed by atoms with Crippen molar-refractivity contribution in [2.45, 2.75) is 36.0 Å². The molecule has 10 heteroatoms. The minimum Gasteiger partial charge on any atom is -0.409 e. The van der Waals surface area contributed by atoms with E-state index in [1.54, 1.807) is 18.7 Å². The molecule has 106 valence electrons. The predicted octanol–water partition coefficient (Wildman–Crippen LogP) is 0.296. The fourth-order valence-electron chi connectivity index (χ4n) is 1.99. The second kappa shape index (κ2) is 4.78. The third kappa shape index (κ3) is 2.11. The lowest BCUT2D eigenvalue weighted by molar-refractivity contribution is 0.318. The van der Waals surface area contributed by atoms with E-state index in [9.17, 15) is 0 Å². The molecule has 2 aromatic rings. The molecule has 0 spiro atoms. The highest BCUT2D eigenvalue weighted by Gasteiger charge is 2.29. The van der Waals surface area contributed by atoms with Crippen LogP contribution in [0.25, 0.3) is 0 Å². The molecule has 3 rings (SSSR count). The number of amidine groups is 1. The molecule has 0 amide bonds. The number of nitrogens with zero attached hydrogens (tertiary/aromatic N) is 7. The van der Waals surface area contributed by atoms with Crippen molar-refractivity contribution in [1.82, 2.24) is 30.0 Å². The minimum atomic E-state index is 0.0311. The summed E-state index contributed by atoms with van der Waals surface area (Å²) in [6, 6.07) is 0.383. The topological polar surface area (TPSA) is 120 Å². The van der Waals surface area contributed by atoms with E-state index in [0.717, 1.165) is 17.9 Å². The summed E-state index contributed by atoms with van der Waals surface area (Å²) in [5, 5.41) is 29.4. The van der Waals surface area contributed by atoms with Crippen LogP contribution in [-0.4, -0.2) is 41.0 Å². The quantitative estimate of drug-likeness (QED) is 0.360. The van der Waals surface area contributed by atoms with Gasteiger partial charge < -0.3 is 10.9 Å². The van der Waals surface area contributed by atoms with Gasteiger partial charge in [0, 0.05) is 7.05 Å². The molecular weight excluding hydrogens is 280 g/mol. The van der Waals surface area contributed by atoms with Crippen LogP contribution in [-0.2, 0) is 7.05 Å². The van der Waals surface area contributed by atoms with E-state index < -0.39 is 0 Å². The largest absolute Gasteiger partial charge is 0.409 e. The summed E-state index contributed by atoms with van der Waals surface area (Å²) in [5.74, 6) is 0.0311. The zero-order valence-electron chi connectivity index (χ0n) is 11.1. The number of tetrazole rings is 1. The summed E-state index contributed by atoms with van der Waals surface area (Å²) in [7, 11) is 1.80. The molecule has 1 aliphatic rings. The fourth-order valence-corrected chi connectivity index (χ4v) is 3.04. The van der Waals surface area contributed by atoms with Gasteiger partial charge in [0.05, 0.1) is 17.3 Å². The summed E-state index contributed by atoms with van der Waals surface area (Å²) in [6.45, 7) is 1.81. The van der Waals surface area contributed by atoms with Gasteiger partial charge in [-0.15, -0.1) is 5.10 Å². The SMILES string of the molecule is Cc1nn(C)c(Sc2nnnn2C2CC2)c1C(N)=NO. The van der Waals surface area contributed by atoms with E-state index in [-0.39, 0.29) is 5.84 Å². The summed E-state index contributed by atoms with van der Waals surface area (Å²) >= 11 is 1.36. The fraction of sp³-hybridized carbons (Fsp3) is 0.500. The van der Waals surface area contributed by atoms with Gasteiger partial charge in [0.15, 0.2) is 5.84 Å². The first-order valence-corrected chi connectivity index (χ1v) is 6.90. The average molecular weight is 294 g/mol. The van der Waals surface area contributed by atoms with Gasteiger partial charge >= 0.3 is 0 Å². The Morgan fingerprint density at radius 3 is 2.90 bits per heavy atom. The Balaban J connectivity index is 2.00. The van der Waals surface area contributed by atoms with Gasteiger partial charge in [-0.1, -0.05) is 5.16 Å². The highest BCUT2D eigenvalue weighted by Crippen LogP contribution is 2.38. The number of aryl methyl sites for hydroxylation is 2. The molecular formula is C10H14N8OS. The molecule has 2 heterocycles. The summed E-state index contributed by atoms with van der Waals surface area (Å²) in [6.07, 6.45) is 2.19. The third-order valence-corrected chi connectivity index (χ3v) is 4.19. The molecule has 0 bridgehead atoms. The van der Waals surface area contributed by atoms with Gasteiger partial charge in [0.1, 0.15) is 5.03 Å². The number of hydrogen-bond donors (Lipinski definition) is 2. The molecule has 0 atom stereocenters. The van der Waals surface area contributed by atoms with Gasteiger partial charge in [0.2, 0.25) is 5.16 Å². The van der Waals surface area contributed by atoms with Crippen LogP contribution in [0.2, 0.25) is 0 Å². The van der Waals surface area contributed by atoms with Crippen LogP contribution in [0.15, 0.2) is 15.3 Å². The molecule has 0 unspecified atom stereocenters. The predicted molar refractivity (Wildman–Crippen MR) is 70.7 cm³/mol. The Morgan fingerprint density at radius 1 is 1.50 bits per heavy atom. The van der Waals surface area contributed by atoms with Crippen LogP contribution in [0, 0.1) is 6.92 Å². The lowest BCUT2D eigenvalue weighted by Gasteiger charge is -2.05. The van der Waals surface area contributed by atoms with Crippen molar-refractivity contribution >= 4 is 17.6 Å². The maximum Gasteiger partial charge on any atom is 0.215 e. The number of hydrogen-bond acceptors (Lipinski definition) is 7. The first-order valence-electron chi connectivity index (χ1n) is 6.09. The van der Waals surface area contributed by atoms with Gasteiger partial charge in [-0.25, -0.2) is 4.68 Å². The van der Waals surface area contributed by atoms with Crippen molar-refractivity contribution in [1.29, 1.82) is 0 Å². The lowest BCUT2D eigenvalue weighted by atomic mass is 10.2. The number of aromatic nitrogens is 6. The first kappa shape index (κ1) is 12.9. The zero-order valence-corrected chi connectivity index (χ0v) is 11.9. The van der Waals surface area contributed by atoms with E-state index in [2.05, 4.69) is 25.8 Å². The van der Waals surface area contributed by atoms with Crippen molar-refractivity contribution in [3.05, 3.63) is 11.3 Å². The Bertz CT molecular complexity index is 671. The molecule has 3 N–H and O–H groups in total. The lowest BCUT2D eigenvalue weighted by Crippen LogP contribution is -2.15. The minimum absolute atomic E-state index is 0.0311. The molecule has 0 aliphatic heterocycles. The van der Waals surface area contributed by atoms with Crippen molar-refractivity contribution < 1.29 is 5.21 Å². The van der Waals surface area contributed by atoms with Gasteiger partial charge in [-0.05, 0) is 42.0 Å².